The van der Waals surface area contributed by atoms with Crippen LogP contribution >= 0.6 is 0 Å². The van der Waals surface area contributed by atoms with Gasteiger partial charge in [0.15, 0.2) is 9.84 Å². The number of terminal acetylenes is 1. The maximum Gasteiger partial charge on any atom is 0.315 e. The van der Waals surface area contributed by atoms with Gasteiger partial charge in [-0.05, 0) is 75.5 Å². The number of hydrogen-bond donors (Lipinski definition) is 4. The van der Waals surface area contributed by atoms with Crippen molar-refractivity contribution in [1.29, 1.82) is 0 Å². The predicted octanol–water partition coefficient (Wildman–Crippen LogP) is 3.65. The molecule has 1 unspecified atom stereocenters. The molecule has 0 radical (unpaired) electrons. The minimum Gasteiger partial charge on any atom is -0.346 e. The van der Waals surface area contributed by atoms with Gasteiger partial charge in [0, 0.05) is 19.5 Å². The topological polar surface area (TPSA) is 171 Å². The first-order valence-corrected chi connectivity index (χ1v) is 19.9. The van der Waals surface area contributed by atoms with Crippen molar-refractivity contribution in [3.05, 3.63) is 12.7 Å². The van der Waals surface area contributed by atoms with Gasteiger partial charge < -0.3 is 26.2 Å². The summed E-state index contributed by atoms with van der Waals surface area (Å²) >= 11 is 0. The number of hydrogen-bond acceptors (Lipinski definition) is 7. The highest BCUT2D eigenvalue weighted by molar-refractivity contribution is 7.92. The van der Waals surface area contributed by atoms with Crippen LogP contribution < -0.4 is 21.3 Å². The number of nitrogens with zero attached hydrogens (tertiary/aromatic N) is 1. The van der Waals surface area contributed by atoms with Gasteiger partial charge in [-0.25, -0.2) is 13.2 Å². The lowest BCUT2D eigenvalue weighted by Crippen LogP contribution is -2.64. The van der Waals surface area contributed by atoms with E-state index in [1.807, 2.05) is 20.8 Å². The Kier molecular flexibility index (Phi) is 13.3. The maximum absolute atomic E-state index is 14.7. The van der Waals surface area contributed by atoms with Gasteiger partial charge in [0.25, 0.3) is 5.91 Å². The monoisotopic (exact) mass is 731 g/mol. The minimum absolute atomic E-state index is 0.0180. The Labute approximate surface area is 305 Å². The minimum atomic E-state index is -3.58. The molecule has 4 N–H and O–H groups in total. The van der Waals surface area contributed by atoms with Gasteiger partial charge in [-0.15, -0.1) is 18.9 Å². The van der Waals surface area contributed by atoms with Crippen molar-refractivity contribution >= 4 is 39.4 Å². The predicted molar refractivity (Wildman–Crippen MR) is 198 cm³/mol. The summed E-state index contributed by atoms with van der Waals surface area (Å²) in [6.45, 7) is 18.5. The number of rotatable bonds is 13. The number of ketones is 1. The Hall–Kier alpha value is -3.40. The van der Waals surface area contributed by atoms with E-state index in [2.05, 4.69) is 47.6 Å². The van der Waals surface area contributed by atoms with Gasteiger partial charge in [0.2, 0.25) is 17.6 Å². The summed E-state index contributed by atoms with van der Waals surface area (Å²) in [5.74, 6) is -0.672. The second-order valence-corrected chi connectivity index (χ2v) is 20.3. The molecule has 5 atom stereocenters. The molecule has 5 amide bonds. The molecule has 1 heterocycles. The van der Waals surface area contributed by atoms with Crippen LogP contribution in [0.5, 0.6) is 0 Å². The first-order valence-electron chi connectivity index (χ1n) is 18.3. The molecule has 12 nitrogen and oxygen atoms in total. The maximum atomic E-state index is 14.7. The Morgan fingerprint density at radius 1 is 1.00 bits per heavy atom. The zero-order valence-corrected chi connectivity index (χ0v) is 32.8. The van der Waals surface area contributed by atoms with E-state index in [4.69, 9.17) is 6.42 Å². The molecule has 0 aromatic carbocycles. The van der Waals surface area contributed by atoms with E-state index < -0.39 is 73.2 Å². The number of fused-ring (bicyclic) bond motifs is 1. The molecule has 3 aliphatic rings. The summed E-state index contributed by atoms with van der Waals surface area (Å²) in [4.78, 5) is 70.0. The molecule has 0 bridgehead atoms. The zero-order chi connectivity index (χ0) is 38.6. The lowest BCUT2D eigenvalue weighted by molar-refractivity contribution is -0.144. The van der Waals surface area contributed by atoms with Crippen LogP contribution in [-0.4, -0.2) is 90.1 Å². The zero-order valence-electron chi connectivity index (χ0n) is 31.9. The molecule has 1 aliphatic heterocycles. The highest BCUT2D eigenvalue weighted by atomic mass is 32.2. The van der Waals surface area contributed by atoms with Crippen molar-refractivity contribution in [1.82, 2.24) is 26.2 Å². The molecule has 2 aliphatic carbocycles. The van der Waals surface area contributed by atoms with Crippen LogP contribution in [0.15, 0.2) is 12.7 Å². The van der Waals surface area contributed by atoms with Crippen molar-refractivity contribution in [2.24, 2.45) is 22.7 Å². The number of carbonyl (C=O) groups is 5. The summed E-state index contributed by atoms with van der Waals surface area (Å²) in [7, 11) is -3.58. The molecule has 0 aromatic heterocycles. The molecule has 51 heavy (non-hydrogen) atoms. The third-order valence-corrected chi connectivity index (χ3v) is 13.9. The molecule has 3 fully saturated rings. The van der Waals surface area contributed by atoms with E-state index in [-0.39, 0.29) is 48.9 Å². The molecule has 3 rings (SSSR count). The van der Waals surface area contributed by atoms with E-state index in [9.17, 15) is 32.4 Å². The van der Waals surface area contributed by atoms with Crippen molar-refractivity contribution < 1.29 is 32.4 Å². The van der Waals surface area contributed by atoms with Gasteiger partial charge >= 0.3 is 6.03 Å². The second kappa shape index (κ2) is 16.1. The third-order valence-electron chi connectivity index (χ3n) is 11.1. The molecule has 0 spiro atoms. The summed E-state index contributed by atoms with van der Waals surface area (Å²) in [6.07, 6.45) is 12.1. The number of nitrogens with one attached hydrogen (secondary N) is 4. The number of likely N-dealkylation sites (tertiary alicyclic amines) is 1. The van der Waals surface area contributed by atoms with Gasteiger partial charge in [-0.2, -0.15) is 0 Å². The lowest BCUT2D eigenvalue weighted by Gasteiger charge is -2.41. The number of urea groups is 1. The van der Waals surface area contributed by atoms with Crippen LogP contribution in [0, 0.1) is 35.0 Å². The first kappa shape index (κ1) is 42.0. The van der Waals surface area contributed by atoms with Gasteiger partial charge in [-0.3, -0.25) is 19.2 Å². The van der Waals surface area contributed by atoms with Gasteiger partial charge in [0.05, 0.1) is 22.1 Å². The average Bonchev–Trinajstić information content (AvgIpc) is 3.55. The molecule has 2 saturated carbocycles. The van der Waals surface area contributed by atoms with Crippen LogP contribution in [0.3, 0.4) is 0 Å². The Morgan fingerprint density at radius 2 is 1.63 bits per heavy atom. The fourth-order valence-corrected chi connectivity index (χ4v) is 9.41. The normalized spacial score (nSPS) is 23.9. The molecule has 13 heteroatoms. The smallest absolute Gasteiger partial charge is 0.315 e. The summed E-state index contributed by atoms with van der Waals surface area (Å²) in [6, 6.07) is -3.85. The lowest BCUT2D eigenvalue weighted by atomic mass is 9.79. The summed E-state index contributed by atoms with van der Waals surface area (Å²) in [5.41, 5.74) is -1.95. The van der Waals surface area contributed by atoms with Crippen LogP contribution in [0.2, 0.25) is 0 Å². The van der Waals surface area contributed by atoms with E-state index in [1.54, 1.807) is 20.8 Å². The van der Waals surface area contributed by atoms with Gasteiger partial charge in [-0.1, -0.05) is 60.0 Å². The van der Waals surface area contributed by atoms with E-state index in [0.29, 0.717) is 19.3 Å². The number of Topliss-reactive ketones (excluding diaryl/α,β-unsaturated/α-hetero) is 1. The van der Waals surface area contributed by atoms with Crippen molar-refractivity contribution in [2.45, 2.75) is 142 Å². The molecule has 1 saturated heterocycles. The van der Waals surface area contributed by atoms with Crippen molar-refractivity contribution in [3.8, 4) is 12.3 Å². The molecular weight excluding hydrogens is 671 g/mol. The van der Waals surface area contributed by atoms with Crippen LogP contribution in [-0.2, 0) is 29.0 Å². The summed E-state index contributed by atoms with van der Waals surface area (Å²) in [5, 5.41) is 11.1. The standard InChI is InChI=1S/C38H61N5O7S/c1-11-13-17-27(29(44)32(46)39-22-12-2)40-31(45)28-25-18-21-37(9,10)26(25)23-43(28)33(47)30(35(3,4)5)41-34(48)42-38(19-15-14-16-20-38)24-51(49,50)36(6,7)8/h1,12,25-28,30H,2,13-24H2,3-10H3,(H,39,46)(H,40,45)(H2,41,42,48)/t25-,26-,27?,28-,30+/m0/s1. The Balaban J connectivity index is 1.93. The van der Waals surface area contributed by atoms with E-state index >= 15 is 0 Å². The van der Waals surface area contributed by atoms with Gasteiger partial charge in [0.1, 0.15) is 12.1 Å². The summed E-state index contributed by atoms with van der Waals surface area (Å²) < 4.78 is 25.7. The highest BCUT2D eigenvalue weighted by Gasteiger charge is 2.57. The molecule has 0 aromatic rings. The van der Waals surface area contributed by atoms with Crippen molar-refractivity contribution in [2.75, 3.05) is 18.8 Å². The number of carbonyl (C=O) groups excluding carboxylic acids is 5. The second-order valence-electron chi connectivity index (χ2n) is 17.5. The van der Waals surface area contributed by atoms with Crippen LogP contribution in [0.25, 0.3) is 0 Å². The molecular formula is C38H61N5O7S. The van der Waals surface area contributed by atoms with E-state index in [1.165, 1.54) is 11.0 Å². The molecule has 286 valence electrons. The Bertz CT molecular complexity index is 1490. The average molecular weight is 732 g/mol. The van der Waals surface area contributed by atoms with Crippen LogP contribution in [0.1, 0.15) is 113 Å². The fraction of sp³-hybridized carbons (Fsp3) is 0.763. The SMILES string of the molecule is C#CCCC(NC(=O)[C@@H]1[C@H]2CCC(C)(C)[C@H]2CN1C(=O)[C@@H](NC(=O)NC1(CS(=O)(=O)C(C)(C)C)CCCCC1)C(C)(C)C)C(=O)C(=O)NCC=C. The Morgan fingerprint density at radius 3 is 2.18 bits per heavy atom. The first-order chi connectivity index (χ1) is 23.5. The highest BCUT2D eigenvalue weighted by Crippen LogP contribution is 2.53. The quantitative estimate of drug-likeness (QED) is 0.127. The fourth-order valence-electron chi connectivity index (χ4n) is 7.89. The number of sulfone groups is 1. The largest absolute Gasteiger partial charge is 0.346 e. The van der Waals surface area contributed by atoms with Crippen LogP contribution in [0.4, 0.5) is 4.79 Å². The third kappa shape index (κ3) is 9.93. The van der Waals surface area contributed by atoms with E-state index in [0.717, 1.165) is 25.7 Å². The number of amides is 5. The van der Waals surface area contributed by atoms with Crippen molar-refractivity contribution in [3.63, 3.8) is 0 Å².